The van der Waals surface area contributed by atoms with Crippen LogP contribution in [0.2, 0.25) is 0 Å². The van der Waals surface area contributed by atoms with Gasteiger partial charge in [-0.15, -0.1) is 13.2 Å². The molecule has 1 aliphatic rings. The minimum atomic E-state index is -4.79. The lowest BCUT2D eigenvalue weighted by Crippen LogP contribution is -2.32. The van der Waals surface area contributed by atoms with Crippen LogP contribution in [0.1, 0.15) is 25.7 Å². The van der Waals surface area contributed by atoms with Crippen molar-refractivity contribution in [2.75, 3.05) is 11.9 Å². The van der Waals surface area contributed by atoms with Gasteiger partial charge in [0.15, 0.2) is 5.75 Å². The number of anilines is 1. The van der Waals surface area contributed by atoms with Gasteiger partial charge in [-0.1, -0.05) is 25.0 Å². The van der Waals surface area contributed by atoms with Gasteiger partial charge in [0.05, 0.1) is 5.69 Å². The van der Waals surface area contributed by atoms with Crippen LogP contribution in [0.5, 0.6) is 5.75 Å². The number of rotatable bonds is 4. The fourth-order valence-corrected chi connectivity index (χ4v) is 2.40. The van der Waals surface area contributed by atoms with Crippen LogP contribution in [0.25, 0.3) is 0 Å². The third-order valence-electron chi connectivity index (χ3n) is 3.39. The molecule has 0 unspecified atom stereocenters. The molecule has 0 saturated heterocycles. The Hall–Kier alpha value is -1.92. The number of nitrogens with one attached hydrogen (secondary N) is 2. The second-order valence-corrected chi connectivity index (χ2v) is 5.03. The standard InChI is InChI=1S/C14H17F3N2O2/c15-14(16,17)21-12-8-4-3-7-11(12)19-13(20)18-9-10-5-1-2-6-10/h3-4,7-8,10H,1-2,5-6,9H2,(H2,18,19,20). The minimum Gasteiger partial charge on any atom is -0.404 e. The number of carbonyl (C=O) groups excluding carboxylic acids is 1. The van der Waals surface area contributed by atoms with Gasteiger partial charge in [-0.2, -0.15) is 0 Å². The van der Waals surface area contributed by atoms with E-state index < -0.39 is 18.1 Å². The minimum absolute atomic E-state index is 0.0150. The highest BCUT2D eigenvalue weighted by molar-refractivity contribution is 5.90. The smallest absolute Gasteiger partial charge is 0.404 e. The number of amides is 2. The molecular formula is C14H17F3N2O2. The van der Waals surface area contributed by atoms with Gasteiger partial charge in [0.2, 0.25) is 0 Å². The third kappa shape index (κ3) is 5.17. The maximum Gasteiger partial charge on any atom is 0.573 e. The number of carbonyl (C=O) groups is 1. The Kier molecular flexibility index (Phi) is 4.93. The molecular weight excluding hydrogens is 285 g/mol. The van der Waals surface area contributed by atoms with Crippen LogP contribution < -0.4 is 15.4 Å². The molecule has 1 fully saturated rings. The Labute approximate surface area is 120 Å². The number of benzene rings is 1. The molecule has 0 heterocycles. The van der Waals surface area contributed by atoms with Crippen LogP contribution in [0.15, 0.2) is 24.3 Å². The second-order valence-electron chi connectivity index (χ2n) is 5.03. The summed E-state index contributed by atoms with van der Waals surface area (Å²) in [6.45, 7) is 0.536. The van der Waals surface area contributed by atoms with E-state index in [0.29, 0.717) is 12.5 Å². The molecule has 2 N–H and O–H groups in total. The highest BCUT2D eigenvalue weighted by atomic mass is 19.4. The fourth-order valence-electron chi connectivity index (χ4n) is 2.40. The molecule has 1 aliphatic carbocycles. The molecule has 0 aliphatic heterocycles. The summed E-state index contributed by atoms with van der Waals surface area (Å²) in [5.41, 5.74) is -0.0150. The Morgan fingerprint density at radius 2 is 1.90 bits per heavy atom. The highest BCUT2D eigenvalue weighted by Gasteiger charge is 2.32. The molecule has 1 aromatic rings. The lowest BCUT2D eigenvalue weighted by Gasteiger charge is -2.15. The number of hydrogen-bond donors (Lipinski definition) is 2. The first-order valence-electron chi connectivity index (χ1n) is 6.83. The zero-order valence-electron chi connectivity index (χ0n) is 11.4. The first kappa shape index (κ1) is 15.5. The summed E-state index contributed by atoms with van der Waals surface area (Å²) < 4.78 is 40.7. The fraction of sp³-hybridized carbons (Fsp3) is 0.500. The number of para-hydroxylation sites is 2. The van der Waals surface area contributed by atoms with E-state index in [9.17, 15) is 18.0 Å². The molecule has 2 rings (SSSR count). The Morgan fingerprint density at radius 1 is 1.24 bits per heavy atom. The number of ether oxygens (including phenoxy) is 1. The maximum atomic E-state index is 12.3. The van der Waals surface area contributed by atoms with Gasteiger partial charge in [0.25, 0.3) is 0 Å². The molecule has 7 heteroatoms. The highest BCUT2D eigenvalue weighted by Crippen LogP contribution is 2.30. The third-order valence-corrected chi connectivity index (χ3v) is 3.39. The summed E-state index contributed by atoms with van der Waals surface area (Å²) in [7, 11) is 0. The van der Waals surface area contributed by atoms with Crippen LogP contribution >= 0.6 is 0 Å². The molecule has 0 bridgehead atoms. The predicted molar refractivity (Wildman–Crippen MR) is 72.1 cm³/mol. The number of alkyl halides is 3. The number of urea groups is 1. The normalized spacial score (nSPS) is 15.8. The summed E-state index contributed by atoms with van der Waals surface area (Å²) in [6, 6.07) is 4.91. The van der Waals surface area contributed by atoms with Crippen molar-refractivity contribution in [3.8, 4) is 5.75 Å². The van der Waals surface area contributed by atoms with E-state index in [4.69, 9.17) is 0 Å². The first-order valence-corrected chi connectivity index (χ1v) is 6.83. The van der Waals surface area contributed by atoms with Crippen LogP contribution in [-0.2, 0) is 0 Å². The van der Waals surface area contributed by atoms with Crippen molar-refractivity contribution in [2.45, 2.75) is 32.0 Å². The van der Waals surface area contributed by atoms with E-state index in [2.05, 4.69) is 15.4 Å². The Morgan fingerprint density at radius 3 is 2.57 bits per heavy atom. The van der Waals surface area contributed by atoms with Crippen molar-refractivity contribution in [1.29, 1.82) is 0 Å². The molecule has 1 saturated carbocycles. The van der Waals surface area contributed by atoms with Crippen LogP contribution in [-0.4, -0.2) is 18.9 Å². The summed E-state index contributed by atoms with van der Waals surface area (Å²) in [5.74, 6) is 0.0263. The lowest BCUT2D eigenvalue weighted by atomic mass is 10.1. The van der Waals surface area contributed by atoms with E-state index in [0.717, 1.165) is 31.7 Å². The van der Waals surface area contributed by atoms with Gasteiger partial charge in [-0.05, 0) is 30.9 Å². The molecule has 21 heavy (non-hydrogen) atoms. The van der Waals surface area contributed by atoms with E-state index in [1.807, 2.05) is 0 Å². The maximum absolute atomic E-state index is 12.3. The molecule has 0 aromatic heterocycles. The predicted octanol–water partition coefficient (Wildman–Crippen LogP) is 3.90. The van der Waals surface area contributed by atoms with Crippen molar-refractivity contribution in [2.24, 2.45) is 5.92 Å². The molecule has 1 aromatic carbocycles. The largest absolute Gasteiger partial charge is 0.573 e. The lowest BCUT2D eigenvalue weighted by molar-refractivity contribution is -0.274. The van der Waals surface area contributed by atoms with E-state index in [1.165, 1.54) is 18.2 Å². The molecule has 0 spiro atoms. The molecule has 0 radical (unpaired) electrons. The zero-order valence-corrected chi connectivity index (χ0v) is 11.4. The van der Waals surface area contributed by atoms with Crippen LogP contribution in [0.4, 0.5) is 23.7 Å². The second kappa shape index (κ2) is 6.69. The van der Waals surface area contributed by atoms with Crippen molar-refractivity contribution in [3.63, 3.8) is 0 Å². The Balaban J connectivity index is 1.90. The van der Waals surface area contributed by atoms with Gasteiger partial charge < -0.3 is 15.4 Å². The average Bonchev–Trinajstić information content (AvgIpc) is 2.90. The SMILES string of the molecule is O=C(NCC1CCCC1)Nc1ccccc1OC(F)(F)F. The summed E-state index contributed by atoms with van der Waals surface area (Å²) >= 11 is 0. The monoisotopic (exact) mass is 302 g/mol. The van der Waals surface area contributed by atoms with Gasteiger partial charge in [0, 0.05) is 6.54 Å². The van der Waals surface area contributed by atoms with E-state index in [1.54, 1.807) is 0 Å². The summed E-state index contributed by atoms with van der Waals surface area (Å²) in [6.07, 6.45) is -0.313. The van der Waals surface area contributed by atoms with E-state index in [-0.39, 0.29) is 5.69 Å². The van der Waals surface area contributed by atoms with Gasteiger partial charge >= 0.3 is 12.4 Å². The van der Waals surface area contributed by atoms with Gasteiger partial charge in [-0.25, -0.2) is 4.79 Å². The topological polar surface area (TPSA) is 50.4 Å². The molecule has 4 nitrogen and oxygen atoms in total. The van der Waals surface area contributed by atoms with Gasteiger partial charge in [0.1, 0.15) is 0 Å². The summed E-state index contributed by atoms with van der Waals surface area (Å²) in [4.78, 5) is 11.7. The zero-order chi connectivity index (χ0) is 15.3. The molecule has 2 amide bonds. The van der Waals surface area contributed by atoms with Crippen molar-refractivity contribution < 1.29 is 22.7 Å². The molecule has 0 atom stereocenters. The number of halogens is 3. The molecule has 116 valence electrons. The van der Waals surface area contributed by atoms with Crippen molar-refractivity contribution in [1.82, 2.24) is 5.32 Å². The number of hydrogen-bond acceptors (Lipinski definition) is 2. The first-order chi connectivity index (χ1) is 9.94. The average molecular weight is 302 g/mol. The quantitative estimate of drug-likeness (QED) is 0.886. The Bertz CT molecular complexity index is 485. The van der Waals surface area contributed by atoms with Gasteiger partial charge in [-0.3, -0.25) is 0 Å². The van der Waals surface area contributed by atoms with E-state index >= 15 is 0 Å². The van der Waals surface area contributed by atoms with Crippen molar-refractivity contribution in [3.05, 3.63) is 24.3 Å². The summed E-state index contributed by atoms with van der Waals surface area (Å²) in [5, 5.41) is 5.06. The van der Waals surface area contributed by atoms with Crippen LogP contribution in [0.3, 0.4) is 0 Å². The van der Waals surface area contributed by atoms with Crippen molar-refractivity contribution >= 4 is 11.7 Å². The van der Waals surface area contributed by atoms with Crippen LogP contribution in [0, 0.1) is 5.92 Å².